The van der Waals surface area contributed by atoms with Gasteiger partial charge in [0.1, 0.15) is 0 Å². The third-order valence-corrected chi connectivity index (χ3v) is 1.66. The molecule has 0 bridgehead atoms. The molecular weight excluding hydrogens is 252 g/mol. The second-order valence-electron chi connectivity index (χ2n) is 3.08. The van der Waals surface area contributed by atoms with Gasteiger partial charge in [0.15, 0.2) is 6.29 Å². The van der Waals surface area contributed by atoms with E-state index in [9.17, 15) is 4.79 Å². The van der Waals surface area contributed by atoms with Crippen LogP contribution in [-0.2, 0) is 14.3 Å². The first kappa shape index (κ1) is 19.4. The molecule has 1 rings (SSSR count). The zero-order valence-corrected chi connectivity index (χ0v) is 11.3. The SMILES string of the molecule is CCC(O)O.COC(=O)c1ccccc1.COC=O. The maximum Gasteiger partial charge on any atom is 0.337 e. The van der Waals surface area contributed by atoms with E-state index in [0.717, 1.165) is 0 Å². The molecule has 0 aliphatic rings. The van der Waals surface area contributed by atoms with E-state index in [-0.39, 0.29) is 5.97 Å². The van der Waals surface area contributed by atoms with Crippen LogP contribution in [0.1, 0.15) is 23.7 Å². The van der Waals surface area contributed by atoms with Crippen LogP contribution in [0.5, 0.6) is 0 Å². The first-order chi connectivity index (χ1) is 9.03. The van der Waals surface area contributed by atoms with E-state index >= 15 is 0 Å². The van der Waals surface area contributed by atoms with Gasteiger partial charge in [-0.25, -0.2) is 4.79 Å². The van der Waals surface area contributed by atoms with Gasteiger partial charge in [0.2, 0.25) is 0 Å². The van der Waals surface area contributed by atoms with Crippen LogP contribution in [0.3, 0.4) is 0 Å². The molecule has 108 valence electrons. The lowest BCUT2D eigenvalue weighted by atomic mass is 10.2. The first-order valence-corrected chi connectivity index (χ1v) is 5.49. The van der Waals surface area contributed by atoms with Crippen LogP contribution >= 0.6 is 0 Å². The summed E-state index contributed by atoms with van der Waals surface area (Å²) >= 11 is 0. The predicted octanol–water partition coefficient (Wildman–Crippen LogP) is 0.969. The third-order valence-electron chi connectivity index (χ3n) is 1.66. The Labute approximate surface area is 112 Å². The summed E-state index contributed by atoms with van der Waals surface area (Å²) in [5.74, 6) is -0.291. The number of esters is 1. The average Bonchev–Trinajstić information content (AvgIpc) is 2.48. The Hall–Kier alpha value is -1.92. The van der Waals surface area contributed by atoms with E-state index in [0.29, 0.717) is 18.5 Å². The number of ether oxygens (including phenoxy) is 2. The zero-order chi connectivity index (χ0) is 15.1. The van der Waals surface area contributed by atoms with Gasteiger partial charge in [0, 0.05) is 0 Å². The second kappa shape index (κ2) is 14.1. The number of carbonyl (C=O) groups excluding carboxylic acids is 2. The van der Waals surface area contributed by atoms with Gasteiger partial charge in [-0.1, -0.05) is 25.1 Å². The van der Waals surface area contributed by atoms with Gasteiger partial charge in [-0.2, -0.15) is 0 Å². The van der Waals surface area contributed by atoms with Gasteiger partial charge in [0.25, 0.3) is 6.47 Å². The molecule has 0 radical (unpaired) electrons. The lowest BCUT2D eigenvalue weighted by Gasteiger charge is -1.95. The van der Waals surface area contributed by atoms with Crippen LogP contribution < -0.4 is 0 Å². The van der Waals surface area contributed by atoms with Crippen LogP contribution in [0.4, 0.5) is 0 Å². The maximum absolute atomic E-state index is 10.8. The number of rotatable bonds is 3. The predicted molar refractivity (Wildman–Crippen MR) is 69.4 cm³/mol. The maximum atomic E-state index is 10.8. The molecule has 6 heteroatoms. The van der Waals surface area contributed by atoms with E-state index in [2.05, 4.69) is 9.47 Å². The van der Waals surface area contributed by atoms with Crippen molar-refractivity contribution in [3.63, 3.8) is 0 Å². The van der Waals surface area contributed by atoms with Gasteiger partial charge in [0.05, 0.1) is 19.8 Å². The minimum Gasteiger partial charge on any atom is -0.471 e. The minimum atomic E-state index is -1.12. The molecule has 0 saturated carbocycles. The minimum absolute atomic E-state index is 0.291. The summed E-state index contributed by atoms with van der Waals surface area (Å²) in [6, 6.07) is 8.88. The van der Waals surface area contributed by atoms with Crippen LogP contribution in [0.15, 0.2) is 30.3 Å². The van der Waals surface area contributed by atoms with Crippen molar-refractivity contribution in [3.8, 4) is 0 Å². The van der Waals surface area contributed by atoms with Gasteiger partial charge in [-0.05, 0) is 18.6 Å². The molecule has 0 atom stereocenters. The number of aliphatic hydroxyl groups is 2. The van der Waals surface area contributed by atoms with Crippen molar-refractivity contribution < 1.29 is 29.3 Å². The fourth-order valence-electron chi connectivity index (χ4n) is 0.692. The molecule has 0 fully saturated rings. The summed E-state index contributed by atoms with van der Waals surface area (Å²) in [4.78, 5) is 19.7. The van der Waals surface area contributed by atoms with Gasteiger partial charge < -0.3 is 19.7 Å². The summed E-state index contributed by atoms with van der Waals surface area (Å²) in [5, 5.41) is 15.8. The zero-order valence-electron chi connectivity index (χ0n) is 11.3. The van der Waals surface area contributed by atoms with Gasteiger partial charge in [-0.3, -0.25) is 4.79 Å². The van der Waals surface area contributed by atoms with Crippen molar-refractivity contribution in [3.05, 3.63) is 35.9 Å². The molecule has 0 amide bonds. The second-order valence-corrected chi connectivity index (χ2v) is 3.08. The Balaban J connectivity index is 0. The molecule has 0 spiro atoms. The van der Waals surface area contributed by atoms with E-state index in [1.807, 2.05) is 6.07 Å². The molecule has 2 N–H and O–H groups in total. The van der Waals surface area contributed by atoms with Crippen LogP contribution in [-0.4, -0.2) is 43.2 Å². The van der Waals surface area contributed by atoms with Crippen LogP contribution in [0, 0.1) is 0 Å². The van der Waals surface area contributed by atoms with Crippen molar-refractivity contribution in [1.29, 1.82) is 0 Å². The monoisotopic (exact) mass is 272 g/mol. The molecule has 0 aromatic heterocycles. The number of aliphatic hydroxyl groups excluding tert-OH is 1. The average molecular weight is 272 g/mol. The van der Waals surface area contributed by atoms with Crippen molar-refractivity contribution in [1.82, 2.24) is 0 Å². The number of carbonyl (C=O) groups is 2. The number of hydrogen-bond acceptors (Lipinski definition) is 6. The highest BCUT2D eigenvalue weighted by Crippen LogP contribution is 1.98. The van der Waals surface area contributed by atoms with Crippen molar-refractivity contribution in [2.24, 2.45) is 0 Å². The van der Waals surface area contributed by atoms with E-state index < -0.39 is 6.29 Å². The summed E-state index contributed by atoms with van der Waals surface area (Å²) < 4.78 is 8.36. The Bertz CT molecular complexity index is 323. The molecule has 1 aromatic rings. The Morgan fingerprint density at radius 2 is 1.68 bits per heavy atom. The molecular formula is C13H20O6. The summed E-state index contributed by atoms with van der Waals surface area (Å²) in [7, 11) is 2.68. The lowest BCUT2D eigenvalue weighted by molar-refractivity contribution is -0.126. The topological polar surface area (TPSA) is 93.1 Å². The molecule has 19 heavy (non-hydrogen) atoms. The number of hydrogen-bond donors (Lipinski definition) is 2. The van der Waals surface area contributed by atoms with Crippen molar-refractivity contribution in [2.75, 3.05) is 14.2 Å². The highest BCUT2D eigenvalue weighted by molar-refractivity contribution is 5.89. The normalized spacial score (nSPS) is 8.32. The molecule has 6 nitrogen and oxygen atoms in total. The van der Waals surface area contributed by atoms with Crippen molar-refractivity contribution >= 4 is 12.4 Å². The Morgan fingerprint density at radius 1 is 1.26 bits per heavy atom. The summed E-state index contributed by atoms with van der Waals surface area (Å²) in [5.41, 5.74) is 0.588. The highest BCUT2D eigenvalue weighted by atomic mass is 16.5. The van der Waals surface area contributed by atoms with E-state index in [4.69, 9.17) is 15.0 Å². The fraction of sp³-hybridized carbons (Fsp3) is 0.385. The lowest BCUT2D eigenvalue weighted by Crippen LogP contribution is -1.99. The van der Waals surface area contributed by atoms with Gasteiger partial charge >= 0.3 is 5.97 Å². The standard InChI is InChI=1S/C8H8O2.C3H8O2.C2H4O2/c1-10-8(9)7-5-3-2-4-6-7;1-2-3(4)5;1-4-2-3/h2-6H,1H3;3-5H,2H2,1H3;2H,1H3. The largest absolute Gasteiger partial charge is 0.471 e. The quantitative estimate of drug-likeness (QED) is 0.484. The van der Waals surface area contributed by atoms with Crippen LogP contribution in [0.2, 0.25) is 0 Å². The summed E-state index contributed by atoms with van der Waals surface area (Å²) in [6.07, 6.45) is -0.699. The van der Waals surface area contributed by atoms with Gasteiger partial charge in [-0.15, -0.1) is 0 Å². The van der Waals surface area contributed by atoms with Crippen molar-refractivity contribution in [2.45, 2.75) is 19.6 Å². The molecule has 0 unspecified atom stereocenters. The third kappa shape index (κ3) is 14.0. The summed E-state index contributed by atoms with van der Waals surface area (Å²) in [6.45, 7) is 2.07. The highest BCUT2D eigenvalue weighted by Gasteiger charge is 2.00. The van der Waals surface area contributed by atoms with E-state index in [1.54, 1.807) is 31.2 Å². The number of methoxy groups -OCH3 is 2. The molecule has 0 saturated heterocycles. The Morgan fingerprint density at radius 3 is 1.95 bits per heavy atom. The van der Waals surface area contributed by atoms with E-state index in [1.165, 1.54) is 14.2 Å². The fourth-order valence-corrected chi connectivity index (χ4v) is 0.692. The van der Waals surface area contributed by atoms with Crippen LogP contribution in [0.25, 0.3) is 0 Å². The molecule has 1 aromatic carbocycles. The smallest absolute Gasteiger partial charge is 0.337 e. The number of benzene rings is 1. The Kier molecular flexibility index (Phi) is 14.5. The molecule has 0 heterocycles. The first-order valence-electron chi connectivity index (χ1n) is 5.49. The molecule has 0 aliphatic carbocycles. The molecule has 0 aliphatic heterocycles.